The lowest BCUT2D eigenvalue weighted by atomic mass is 10.0. The van der Waals surface area contributed by atoms with Crippen LogP contribution in [0.5, 0.6) is 0 Å². The standard InChI is InChI=1S/C13H15N5O2/c19-12(13(20)6-1-2-7-13)15-10-4-3-5-11(8-10)18-9-14-16-17-18/h3-5,8-9,20H,1-2,6-7H2,(H,15,19). The van der Waals surface area contributed by atoms with Crippen LogP contribution in [0.25, 0.3) is 5.69 Å². The molecule has 1 aromatic carbocycles. The average Bonchev–Trinajstić information content (AvgIpc) is 3.11. The number of carbonyl (C=O) groups excluding carboxylic acids is 1. The minimum Gasteiger partial charge on any atom is -0.380 e. The fourth-order valence-electron chi connectivity index (χ4n) is 2.44. The summed E-state index contributed by atoms with van der Waals surface area (Å²) in [7, 11) is 0. The van der Waals surface area contributed by atoms with E-state index >= 15 is 0 Å². The summed E-state index contributed by atoms with van der Waals surface area (Å²) in [5.41, 5.74) is 0.125. The fraction of sp³-hybridized carbons (Fsp3) is 0.385. The first-order valence-corrected chi connectivity index (χ1v) is 6.55. The average molecular weight is 273 g/mol. The van der Waals surface area contributed by atoms with Gasteiger partial charge in [0.2, 0.25) is 0 Å². The highest BCUT2D eigenvalue weighted by molar-refractivity contribution is 5.97. The highest BCUT2D eigenvalue weighted by Gasteiger charge is 2.38. The van der Waals surface area contributed by atoms with Crippen LogP contribution < -0.4 is 5.32 Å². The highest BCUT2D eigenvalue weighted by Crippen LogP contribution is 2.30. The first kappa shape index (κ1) is 12.7. The third-order valence-electron chi connectivity index (χ3n) is 3.57. The van der Waals surface area contributed by atoms with Gasteiger partial charge >= 0.3 is 0 Å². The summed E-state index contributed by atoms with van der Waals surface area (Å²) in [5, 5.41) is 23.9. The molecule has 2 aromatic rings. The zero-order valence-corrected chi connectivity index (χ0v) is 10.9. The molecule has 0 atom stereocenters. The van der Waals surface area contributed by atoms with E-state index in [0.29, 0.717) is 18.5 Å². The minimum atomic E-state index is -1.23. The summed E-state index contributed by atoms with van der Waals surface area (Å²) in [4.78, 5) is 12.1. The zero-order valence-electron chi connectivity index (χ0n) is 10.9. The summed E-state index contributed by atoms with van der Waals surface area (Å²) < 4.78 is 1.50. The zero-order chi connectivity index (χ0) is 14.0. The lowest BCUT2D eigenvalue weighted by Crippen LogP contribution is -2.40. The molecule has 0 spiro atoms. The Labute approximate surface area is 115 Å². The van der Waals surface area contributed by atoms with Crippen molar-refractivity contribution in [3.05, 3.63) is 30.6 Å². The second kappa shape index (κ2) is 5.01. The van der Waals surface area contributed by atoms with Crippen molar-refractivity contribution >= 4 is 11.6 Å². The predicted molar refractivity (Wildman–Crippen MR) is 71.2 cm³/mol. The van der Waals surface area contributed by atoms with Crippen LogP contribution in [0, 0.1) is 0 Å². The molecular weight excluding hydrogens is 258 g/mol. The molecule has 1 aromatic heterocycles. The van der Waals surface area contributed by atoms with Gasteiger partial charge in [-0.05, 0) is 54.3 Å². The fourth-order valence-corrected chi connectivity index (χ4v) is 2.44. The van der Waals surface area contributed by atoms with Gasteiger partial charge in [-0.15, -0.1) is 5.10 Å². The molecule has 7 heteroatoms. The quantitative estimate of drug-likeness (QED) is 0.867. The largest absolute Gasteiger partial charge is 0.380 e. The summed E-state index contributed by atoms with van der Waals surface area (Å²) in [5.74, 6) is -0.344. The minimum absolute atomic E-state index is 0.344. The van der Waals surface area contributed by atoms with Crippen molar-refractivity contribution < 1.29 is 9.90 Å². The van der Waals surface area contributed by atoms with Gasteiger partial charge in [0.1, 0.15) is 11.9 Å². The van der Waals surface area contributed by atoms with Crippen LogP contribution in [0.4, 0.5) is 5.69 Å². The smallest absolute Gasteiger partial charge is 0.256 e. The van der Waals surface area contributed by atoms with Gasteiger partial charge in [-0.1, -0.05) is 6.07 Å². The van der Waals surface area contributed by atoms with E-state index in [4.69, 9.17) is 0 Å². The number of hydrogen-bond acceptors (Lipinski definition) is 5. The number of hydrogen-bond donors (Lipinski definition) is 2. The summed E-state index contributed by atoms with van der Waals surface area (Å²) >= 11 is 0. The van der Waals surface area contributed by atoms with E-state index < -0.39 is 5.60 Å². The van der Waals surface area contributed by atoms with E-state index in [2.05, 4.69) is 20.8 Å². The number of benzene rings is 1. The molecule has 104 valence electrons. The molecule has 0 aliphatic heterocycles. The van der Waals surface area contributed by atoms with Crippen molar-refractivity contribution in [1.29, 1.82) is 0 Å². The monoisotopic (exact) mass is 273 g/mol. The number of carbonyl (C=O) groups is 1. The molecule has 2 N–H and O–H groups in total. The van der Waals surface area contributed by atoms with Crippen molar-refractivity contribution in [1.82, 2.24) is 20.2 Å². The number of aliphatic hydroxyl groups is 1. The molecule has 1 fully saturated rings. The molecule has 0 unspecified atom stereocenters. The van der Waals surface area contributed by atoms with Crippen LogP contribution >= 0.6 is 0 Å². The summed E-state index contributed by atoms with van der Waals surface area (Å²) in [6, 6.07) is 7.15. The van der Waals surface area contributed by atoms with Crippen molar-refractivity contribution in [2.45, 2.75) is 31.3 Å². The van der Waals surface area contributed by atoms with E-state index in [-0.39, 0.29) is 5.91 Å². The van der Waals surface area contributed by atoms with Gasteiger partial charge in [0.15, 0.2) is 0 Å². The topological polar surface area (TPSA) is 92.9 Å². The van der Waals surface area contributed by atoms with Gasteiger partial charge < -0.3 is 10.4 Å². The van der Waals surface area contributed by atoms with Crippen molar-refractivity contribution in [2.75, 3.05) is 5.32 Å². The third kappa shape index (κ3) is 2.39. The molecular formula is C13H15N5O2. The Balaban J connectivity index is 1.78. The summed E-state index contributed by atoms with van der Waals surface area (Å²) in [6.45, 7) is 0. The number of anilines is 1. The van der Waals surface area contributed by atoms with Crippen molar-refractivity contribution in [2.24, 2.45) is 0 Å². The van der Waals surface area contributed by atoms with E-state index in [1.807, 2.05) is 6.07 Å². The number of nitrogens with one attached hydrogen (secondary N) is 1. The Bertz CT molecular complexity index is 605. The van der Waals surface area contributed by atoms with Crippen LogP contribution in [-0.4, -0.2) is 36.8 Å². The SMILES string of the molecule is O=C(Nc1cccc(-n2cnnn2)c1)C1(O)CCCC1. The van der Waals surface area contributed by atoms with E-state index in [9.17, 15) is 9.90 Å². The number of aromatic nitrogens is 4. The van der Waals surface area contributed by atoms with Crippen molar-refractivity contribution in [3.63, 3.8) is 0 Å². The molecule has 1 amide bonds. The third-order valence-corrected chi connectivity index (χ3v) is 3.57. The summed E-state index contributed by atoms with van der Waals surface area (Å²) in [6.07, 6.45) is 4.28. The normalized spacial score (nSPS) is 17.1. The molecule has 0 radical (unpaired) electrons. The maximum atomic E-state index is 12.1. The van der Waals surface area contributed by atoms with Gasteiger partial charge in [-0.25, -0.2) is 4.68 Å². The Morgan fingerprint density at radius 1 is 1.35 bits per heavy atom. The molecule has 3 rings (SSSR count). The van der Waals surface area contributed by atoms with Crippen LogP contribution in [0.1, 0.15) is 25.7 Å². The second-order valence-corrected chi connectivity index (χ2v) is 5.00. The molecule has 1 aliphatic rings. The molecule has 1 saturated carbocycles. The maximum Gasteiger partial charge on any atom is 0.256 e. The van der Waals surface area contributed by atoms with Crippen LogP contribution in [0.3, 0.4) is 0 Å². The van der Waals surface area contributed by atoms with E-state index in [1.165, 1.54) is 11.0 Å². The van der Waals surface area contributed by atoms with Crippen LogP contribution in [-0.2, 0) is 4.79 Å². The Morgan fingerprint density at radius 3 is 2.85 bits per heavy atom. The first-order chi connectivity index (χ1) is 9.67. The molecule has 1 heterocycles. The van der Waals surface area contributed by atoms with Gasteiger partial charge in [-0.2, -0.15) is 0 Å². The molecule has 7 nitrogen and oxygen atoms in total. The van der Waals surface area contributed by atoms with Crippen molar-refractivity contribution in [3.8, 4) is 5.69 Å². The number of nitrogens with zero attached hydrogens (tertiary/aromatic N) is 4. The van der Waals surface area contributed by atoms with E-state index in [1.54, 1.807) is 18.2 Å². The molecule has 1 aliphatic carbocycles. The number of rotatable bonds is 3. The predicted octanol–water partition coefficient (Wildman–Crippen LogP) is 0.906. The first-order valence-electron chi connectivity index (χ1n) is 6.55. The Kier molecular flexibility index (Phi) is 3.19. The lowest BCUT2D eigenvalue weighted by Gasteiger charge is -2.21. The molecule has 0 saturated heterocycles. The van der Waals surface area contributed by atoms with Gasteiger partial charge in [-0.3, -0.25) is 4.79 Å². The molecule has 0 bridgehead atoms. The van der Waals surface area contributed by atoms with Crippen LogP contribution in [0.2, 0.25) is 0 Å². The second-order valence-electron chi connectivity index (χ2n) is 5.00. The van der Waals surface area contributed by atoms with Gasteiger partial charge in [0.25, 0.3) is 5.91 Å². The Morgan fingerprint density at radius 2 is 2.15 bits per heavy atom. The number of amides is 1. The molecule has 20 heavy (non-hydrogen) atoms. The highest BCUT2D eigenvalue weighted by atomic mass is 16.3. The van der Waals surface area contributed by atoms with Crippen LogP contribution in [0.15, 0.2) is 30.6 Å². The maximum absolute atomic E-state index is 12.1. The number of tetrazole rings is 1. The van der Waals surface area contributed by atoms with Gasteiger partial charge in [0.05, 0.1) is 5.69 Å². The van der Waals surface area contributed by atoms with E-state index in [0.717, 1.165) is 18.5 Å². The Hall–Kier alpha value is -2.28. The lowest BCUT2D eigenvalue weighted by molar-refractivity contribution is -0.133. The van der Waals surface area contributed by atoms with Gasteiger partial charge in [0, 0.05) is 5.69 Å².